The third kappa shape index (κ3) is 4.73. The van der Waals surface area contributed by atoms with E-state index in [0.29, 0.717) is 0 Å². The molecule has 0 atom stereocenters. The molecule has 0 fully saturated rings. The zero-order chi connectivity index (χ0) is 15.8. The zero-order valence-electron chi connectivity index (χ0n) is 10.3. The Morgan fingerprint density at radius 2 is 1.57 bits per heavy atom. The van der Waals surface area contributed by atoms with Crippen molar-refractivity contribution >= 4 is 23.2 Å². The molecule has 0 amide bonds. The van der Waals surface area contributed by atoms with Gasteiger partial charge in [-0.15, -0.1) is 0 Å². The van der Waals surface area contributed by atoms with Crippen LogP contribution >= 0.6 is 11.6 Å². The van der Waals surface area contributed by atoms with E-state index in [1.165, 1.54) is 36.7 Å². The quantitative estimate of drug-likeness (QED) is 0.635. The molecule has 0 aliphatic carbocycles. The molecule has 0 bridgehead atoms. The van der Waals surface area contributed by atoms with E-state index in [4.69, 9.17) is 11.6 Å². The first-order chi connectivity index (χ1) is 9.97. The van der Waals surface area contributed by atoms with Crippen molar-refractivity contribution in [1.82, 2.24) is 9.97 Å². The number of alkyl halides is 1. The van der Waals surface area contributed by atoms with Gasteiger partial charge in [-0.05, 0) is 44.1 Å². The number of nitrogens with zero attached hydrogens (tertiary/aromatic N) is 4. The Hall–Kier alpha value is -2.68. The summed E-state index contributed by atoms with van der Waals surface area (Å²) in [6, 6.07) is 5.76. The topological polar surface area (TPSA) is 112 Å². The summed E-state index contributed by atoms with van der Waals surface area (Å²) in [6.45, 7) is -0.857. The fraction of sp³-hybridized carbons (Fsp3) is 0.0909. The van der Waals surface area contributed by atoms with Crippen LogP contribution in [-0.2, 0) is 6.67 Å². The van der Waals surface area contributed by atoms with Gasteiger partial charge >= 0.3 is 11.6 Å². The van der Waals surface area contributed by atoms with Crippen LogP contribution in [0, 0.1) is 20.2 Å². The first-order valence-electron chi connectivity index (χ1n) is 5.36. The molecule has 21 heavy (non-hydrogen) atoms. The summed E-state index contributed by atoms with van der Waals surface area (Å²) in [7, 11) is 0. The minimum atomic E-state index is -0.857. The van der Waals surface area contributed by atoms with Crippen molar-refractivity contribution in [2.75, 3.05) is 0 Å². The highest BCUT2D eigenvalue weighted by molar-refractivity contribution is 6.32. The van der Waals surface area contributed by atoms with E-state index in [2.05, 4.69) is 9.97 Å². The lowest BCUT2D eigenvalue weighted by Crippen LogP contribution is -1.95. The molecule has 8 nitrogen and oxygen atoms in total. The van der Waals surface area contributed by atoms with Crippen LogP contribution in [-0.4, -0.2) is 19.8 Å². The molecule has 0 spiro atoms. The predicted octanol–water partition coefficient (Wildman–Crippen LogP) is 3.10. The van der Waals surface area contributed by atoms with E-state index >= 15 is 0 Å². The highest BCUT2D eigenvalue weighted by Gasteiger charge is 2.12. The van der Waals surface area contributed by atoms with Crippen molar-refractivity contribution in [3.63, 3.8) is 0 Å². The van der Waals surface area contributed by atoms with Gasteiger partial charge in [-0.25, -0.2) is 4.39 Å². The number of aromatic nitrogens is 2. The molecule has 2 aromatic rings. The molecule has 0 radical (unpaired) electrons. The standard InChI is InChI=1S/C6H5FN2O2.C5H3ClN2O2/c7-4-5-2-1-3-8-6(5)9(10)11;6-4-2-1-3-7-5(4)8(9)10/h1-3H,4H2;1-3H. The fourth-order valence-electron chi connectivity index (χ4n) is 1.21. The van der Waals surface area contributed by atoms with Gasteiger partial charge in [-0.3, -0.25) is 0 Å². The van der Waals surface area contributed by atoms with Gasteiger partial charge in [-0.2, -0.15) is 0 Å². The van der Waals surface area contributed by atoms with Crippen LogP contribution in [0.2, 0.25) is 5.02 Å². The smallest absolute Gasteiger partial charge is 0.358 e. The van der Waals surface area contributed by atoms with Crippen molar-refractivity contribution < 1.29 is 14.2 Å². The van der Waals surface area contributed by atoms with Gasteiger partial charge in [0.05, 0.1) is 5.56 Å². The zero-order valence-corrected chi connectivity index (χ0v) is 11.1. The van der Waals surface area contributed by atoms with Crippen molar-refractivity contribution in [1.29, 1.82) is 0 Å². The molecule has 2 heterocycles. The maximum Gasteiger partial charge on any atom is 0.382 e. The molecule has 0 aliphatic heterocycles. The molecular formula is C11H8ClFN4O4. The number of hydrogen-bond acceptors (Lipinski definition) is 6. The summed E-state index contributed by atoms with van der Waals surface area (Å²) >= 11 is 5.42. The van der Waals surface area contributed by atoms with E-state index in [9.17, 15) is 24.6 Å². The SMILES string of the molecule is O=[N+]([O-])c1ncccc1CF.O=[N+]([O-])c1ncccc1Cl. The van der Waals surface area contributed by atoms with Gasteiger partial charge in [0, 0.05) is 0 Å². The Labute approximate surface area is 122 Å². The highest BCUT2D eigenvalue weighted by Crippen LogP contribution is 2.18. The van der Waals surface area contributed by atoms with E-state index in [0.717, 1.165) is 0 Å². The third-order valence-corrected chi connectivity index (χ3v) is 2.39. The average Bonchev–Trinajstić information content (AvgIpc) is 2.48. The monoisotopic (exact) mass is 314 g/mol. The van der Waals surface area contributed by atoms with Crippen LogP contribution in [0.25, 0.3) is 0 Å². The second-order valence-electron chi connectivity index (χ2n) is 3.44. The molecule has 0 saturated heterocycles. The normalized spacial score (nSPS) is 9.43. The lowest BCUT2D eigenvalue weighted by atomic mass is 10.3. The number of halogens is 2. The molecule has 2 rings (SSSR count). The number of pyridine rings is 2. The molecule has 2 aromatic heterocycles. The third-order valence-electron chi connectivity index (χ3n) is 2.10. The lowest BCUT2D eigenvalue weighted by Gasteiger charge is -1.94. The summed E-state index contributed by atoms with van der Waals surface area (Å²) in [4.78, 5) is 25.8. The van der Waals surface area contributed by atoms with Gasteiger partial charge in [0.2, 0.25) is 0 Å². The summed E-state index contributed by atoms with van der Waals surface area (Å²) in [5.41, 5.74) is 0.0116. The summed E-state index contributed by atoms with van der Waals surface area (Å²) < 4.78 is 12.0. The summed E-state index contributed by atoms with van der Waals surface area (Å²) in [6.07, 6.45) is 2.58. The van der Waals surface area contributed by atoms with Crippen LogP contribution < -0.4 is 0 Å². The Morgan fingerprint density at radius 3 is 1.95 bits per heavy atom. The maximum absolute atomic E-state index is 12.0. The molecule has 0 aromatic carbocycles. The van der Waals surface area contributed by atoms with Crippen LogP contribution in [0.1, 0.15) is 5.56 Å². The summed E-state index contributed by atoms with van der Waals surface area (Å²) in [5.74, 6) is -0.709. The van der Waals surface area contributed by atoms with Crippen molar-refractivity contribution in [3.8, 4) is 0 Å². The lowest BCUT2D eigenvalue weighted by molar-refractivity contribution is -0.390. The van der Waals surface area contributed by atoms with Crippen LogP contribution in [0.5, 0.6) is 0 Å². The molecule has 0 saturated carbocycles. The predicted molar refractivity (Wildman–Crippen MR) is 71.6 cm³/mol. The first-order valence-corrected chi connectivity index (χ1v) is 5.74. The Bertz CT molecular complexity index is 656. The summed E-state index contributed by atoms with van der Waals surface area (Å²) in [5, 5.41) is 20.3. The molecule has 110 valence electrons. The molecular weight excluding hydrogens is 307 g/mol. The Morgan fingerprint density at radius 1 is 1.05 bits per heavy atom. The Kier molecular flexibility index (Phi) is 6.08. The molecule has 0 N–H and O–H groups in total. The van der Waals surface area contributed by atoms with Crippen molar-refractivity contribution in [2.45, 2.75) is 6.67 Å². The molecule has 0 unspecified atom stereocenters. The largest absolute Gasteiger partial charge is 0.382 e. The van der Waals surface area contributed by atoms with Gasteiger partial charge in [0.15, 0.2) is 0 Å². The first kappa shape index (κ1) is 16.4. The number of hydrogen-bond donors (Lipinski definition) is 0. The van der Waals surface area contributed by atoms with Crippen LogP contribution in [0.3, 0.4) is 0 Å². The van der Waals surface area contributed by atoms with Crippen molar-refractivity contribution in [2.24, 2.45) is 0 Å². The molecule has 0 aliphatic rings. The van der Waals surface area contributed by atoms with Crippen LogP contribution in [0.4, 0.5) is 16.0 Å². The molecule has 10 heteroatoms. The second-order valence-corrected chi connectivity index (χ2v) is 3.85. The van der Waals surface area contributed by atoms with Gasteiger partial charge in [0.1, 0.15) is 24.1 Å². The minimum absolute atomic E-state index is 0.0116. The second kappa shape index (κ2) is 7.80. The van der Waals surface area contributed by atoms with Gasteiger partial charge in [-0.1, -0.05) is 11.6 Å². The van der Waals surface area contributed by atoms with Crippen LogP contribution in [0.15, 0.2) is 36.7 Å². The van der Waals surface area contributed by atoms with Crippen molar-refractivity contribution in [3.05, 3.63) is 67.5 Å². The van der Waals surface area contributed by atoms with E-state index < -0.39 is 22.3 Å². The maximum atomic E-state index is 12.0. The van der Waals surface area contributed by atoms with Gasteiger partial charge < -0.3 is 20.2 Å². The minimum Gasteiger partial charge on any atom is -0.358 e. The number of nitro groups is 2. The highest BCUT2D eigenvalue weighted by atomic mass is 35.5. The van der Waals surface area contributed by atoms with Gasteiger partial charge in [0.25, 0.3) is 0 Å². The number of rotatable bonds is 3. The van der Waals surface area contributed by atoms with E-state index in [1.54, 1.807) is 0 Å². The fourth-order valence-corrected chi connectivity index (χ4v) is 1.40. The average molecular weight is 315 g/mol. The van der Waals surface area contributed by atoms with E-state index in [1.807, 2.05) is 0 Å². The Balaban J connectivity index is 0.000000211. The van der Waals surface area contributed by atoms with E-state index in [-0.39, 0.29) is 16.4 Å².